The van der Waals surface area contributed by atoms with Crippen LogP contribution in [0.15, 0.2) is 65.7 Å². The number of rotatable bonds is 5. The predicted octanol–water partition coefficient (Wildman–Crippen LogP) is 3.51. The van der Waals surface area contributed by atoms with E-state index in [1.54, 1.807) is 12.3 Å². The van der Waals surface area contributed by atoms with Crippen LogP contribution in [0.25, 0.3) is 0 Å². The molecule has 0 aliphatic heterocycles. The van der Waals surface area contributed by atoms with E-state index in [0.717, 1.165) is 5.56 Å². The molecule has 0 bridgehead atoms. The lowest BCUT2D eigenvalue weighted by Gasteiger charge is -2.21. The molecule has 1 N–H and O–H groups in total. The van der Waals surface area contributed by atoms with Crippen LogP contribution in [0.1, 0.15) is 33.2 Å². The number of pyridine rings is 2. The minimum absolute atomic E-state index is 0.257. The molecule has 1 atom stereocenters. The highest BCUT2D eigenvalue weighted by atomic mass is 19.4. The molecule has 0 saturated carbocycles. The SMILES string of the molecule is Cc1cccnc1[C@@H](NC(=O)c1ccc(=O)n(C)c1)c1ccc(OC(F)(F)F)cc1. The van der Waals surface area contributed by atoms with Crippen molar-refractivity contribution >= 4 is 5.91 Å². The smallest absolute Gasteiger partial charge is 0.406 e. The summed E-state index contributed by atoms with van der Waals surface area (Å²) in [6.07, 6.45) is -1.83. The van der Waals surface area contributed by atoms with Crippen LogP contribution in [-0.4, -0.2) is 21.8 Å². The van der Waals surface area contributed by atoms with Gasteiger partial charge in [0.05, 0.1) is 17.3 Å². The highest BCUT2D eigenvalue weighted by Gasteiger charge is 2.31. The number of aromatic nitrogens is 2. The summed E-state index contributed by atoms with van der Waals surface area (Å²) < 4.78 is 42.5. The highest BCUT2D eigenvalue weighted by molar-refractivity contribution is 5.94. The summed E-state index contributed by atoms with van der Waals surface area (Å²) in [5.74, 6) is -0.830. The quantitative estimate of drug-likeness (QED) is 0.690. The summed E-state index contributed by atoms with van der Waals surface area (Å²) in [7, 11) is 1.53. The van der Waals surface area contributed by atoms with Crippen molar-refractivity contribution in [1.82, 2.24) is 14.9 Å². The maximum atomic E-state index is 12.8. The third kappa shape index (κ3) is 5.05. The Morgan fingerprint density at radius 1 is 1.13 bits per heavy atom. The Labute approximate surface area is 170 Å². The summed E-state index contributed by atoms with van der Waals surface area (Å²) in [5, 5.41) is 2.84. The first-order chi connectivity index (χ1) is 14.1. The second-order valence-corrected chi connectivity index (χ2v) is 6.60. The van der Waals surface area contributed by atoms with E-state index < -0.39 is 18.3 Å². The summed E-state index contributed by atoms with van der Waals surface area (Å²) in [5.41, 5.74) is 1.85. The average molecular weight is 417 g/mol. The Bertz CT molecular complexity index is 1110. The molecule has 30 heavy (non-hydrogen) atoms. The number of carbonyl (C=O) groups excluding carboxylic acids is 1. The molecule has 0 saturated heterocycles. The number of nitrogens with zero attached hydrogens (tertiary/aromatic N) is 2. The number of amides is 1. The Balaban J connectivity index is 1.95. The number of halogens is 3. The molecule has 156 valence electrons. The molecule has 6 nitrogen and oxygen atoms in total. The molecule has 0 aliphatic carbocycles. The van der Waals surface area contributed by atoms with Gasteiger partial charge in [-0.1, -0.05) is 18.2 Å². The fourth-order valence-electron chi connectivity index (χ4n) is 2.91. The number of ether oxygens (including phenoxy) is 1. The van der Waals surface area contributed by atoms with Crippen molar-refractivity contribution in [3.8, 4) is 5.75 Å². The van der Waals surface area contributed by atoms with Crippen LogP contribution < -0.4 is 15.6 Å². The average Bonchev–Trinajstić information content (AvgIpc) is 2.68. The monoisotopic (exact) mass is 417 g/mol. The van der Waals surface area contributed by atoms with Crippen molar-refractivity contribution in [3.63, 3.8) is 0 Å². The van der Waals surface area contributed by atoms with E-state index in [1.165, 1.54) is 54.2 Å². The number of benzene rings is 1. The van der Waals surface area contributed by atoms with Crippen molar-refractivity contribution in [3.05, 3.63) is 93.7 Å². The molecule has 0 fully saturated rings. The van der Waals surface area contributed by atoms with Crippen LogP contribution in [0.3, 0.4) is 0 Å². The van der Waals surface area contributed by atoms with Crippen molar-refractivity contribution in [2.75, 3.05) is 0 Å². The van der Waals surface area contributed by atoms with Crippen molar-refractivity contribution < 1.29 is 22.7 Å². The van der Waals surface area contributed by atoms with E-state index in [4.69, 9.17) is 0 Å². The molecule has 2 aromatic heterocycles. The van der Waals surface area contributed by atoms with E-state index in [0.29, 0.717) is 11.3 Å². The number of nitrogens with one attached hydrogen (secondary N) is 1. The number of hydrogen-bond acceptors (Lipinski definition) is 4. The third-order valence-electron chi connectivity index (χ3n) is 4.39. The second-order valence-electron chi connectivity index (χ2n) is 6.60. The maximum Gasteiger partial charge on any atom is 0.573 e. The molecule has 2 heterocycles. The van der Waals surface area contributed by atoms with E-state index in [2.05, 4.69) is 15.0 Å². The summed E-state index contributed by atoms with van der Waals surface area (Å²) in [6.45, 7) is 1.81. The van der Waals surface area contributed by atoms with Gasteiger partial charge in [0.1, 0.15) is 5.75 Å². The lowest BCUT2D eigenvalue weighted by molar-refractivity contribution is -0.274. The Morgan fingerprint density at radius 3 is 2.43 bits per heavy atom. The minimum Gasteiger partial charge on any atom is -0.406 e. The van der Waals surface area contributed by atoms with Crippen LogP contribution >= 0.6 is 0 Å². The zero-order valence-corrected chi connectivity index (χ0v) is 16.1. The maximum absolute atomic E-state index is 12.8. The molecule has 0 spiro atoms. The van der Waals surface area contributed by atoms with Gasteiger partial charge < -0.3 is 14.6 Å². The van der Waals surface area contributed by atoms with Gasteiger partial charge in [-0.3, -0.25) is 14.6 Å². The zero-order valence-electron chi connectivity index (χ0n) is 16.1. The Hall–Kier alpha value is -3.62. The van der Waals surface area contributed by atoms with E-state index in [-0.39, 0.29) is 16.9 Å². The van der Waals surface area contributed by atoms with Gasteiger partial charge in [-0.25, -0.2) is 0 Å². The van der Waals surface area contributed by atoms with E-state index in [1.807, 2.05) is 13.0 Å². The first-order valence-electron chi connectivity index (χ1n) is 8.89. The van der Waals surface area contributed by atoms with E-state index >= 15 is 0 Å². The summed E-state index contributed by atoms with van der Waals surface area (Å²) in [6, 6.07) is 10.7. The molecular formula is C21H18F3N3O3. The molecular weight excluding hydrogens is 399 g/mol. The molecule has 9 heteroatoms. The fraction of sp³-hybridized carbons (Fsp3) is 0.190. The van der Waals surface area contributed by atoms with E-state index in [9.17, 15) is 22.8 Å². The molecule has 0 aliphatic rings. The zero-order chi connectivity index (χ0) is 21.9. The van der Waals surface area contributed by atoms with Crippen LogP contribution in [-0.2, 0) is 7.05 Å². The third-order valence-corrected chi connectivity index (χ3v) is 4.39. The molecule has 0 unspecified atom stereocenters. The molecule has 1 amide bonds. The van der Waals surface area contributed by atoms with Crippen LogP contribution in [0, 0.1) is 6.92 Å². The first-order valence-corrected chi connectivity index (χ1v) is 8.89. The molecule has 3 aromatic rings. The Kier molecular flexibility index (Phi) is 5.91. The lowest BCUT2D eigenvalue weighted by Crippen LogP contribution is -2.31. The van der Waals surface area contributed by atoms with Gasteiger partial charge in [-0.15, -0.1) is 13.2 Å². The van der Waals surface area contributed by atoms with Crippen LogP contribution in [0.5, 0.6) is 5.75 Å². The van der Waals surface area contributed by atoms with Gasteiger partial charge >= 0.3 is 6.36 Å². The number of alkyl halides is 3. The molecule has 0 radical (unpaired) electrons. The minimum atomic E-state index is -4.80. The van der Waals surface area contributed by atoms with Crippen LogP contribution in [0.4, 0.5) is 13.2 Å². The number of hydrogen-bond donors (Lipinski definition) is 1. The van der Waals surface area contributed by atoms with Crippen molar-refractivity contribution in [1.29, 1.82) is 0 Å². The molecule has 3 rings (SSSR count). The van der Waals surface area contributed by atoms with Crippen LogP contribution in [0.2, 0.25) is 0 Å². The van der Waals surface area contributed by atoms with Crippen molar-refractivity contribution in [2.24, 2.45) is 7.05 Å². The van der Waals surface area contributed by atoms with Gasteiger partial charge in [0.25, 0.3) is 5.91 Å². The van der Waals surface area contributed by atoms with Crippen molar-refractivity contribution in [2.45, 2.75) is 19.3 Å². The van der Waals surface area contributed by atoms with Gasteiger partial charge in [-0.2, -0.15) is 0 Å². The van der Waals surface area contributed by atoms with Gasteiger partial charge in [0.15, 0.2) is 0 Å². The standard InChI is InChI=1S/C21H18F3N3O3/c1-13-4-3-11-25-18(13)19(14-5-8-16(9-6-14)30-21(22,23)24)26-20(29)15-7-10-17(28)27(2)12-15/h3-12,19H,1-2H3,(H,26,29)/t19-/m0/s1. The topological polar surface area (TPSA) is 73.2 Å². The Morgan fingerprint density at radius 2 is 1.83 bits per heavy atom. The normalized spacial score (nSPS) is 12.3. The first kappa shape index (κ1) is 21.1. The van der Waals surface area contributed by atoms with Gasteiger partial charge in [0.2, 0.25) is 5.56 Å². The van der Waals surface area contributed by atoms with Gasteiger partial charge in [-0.05, 0) is 42.3 Å². The summed E-state index contributed by atoms with van der Waals surface area (Å²) in [4.78, 5) is 28.7. The lowest BCUT2D eigenvalue weighted by atomic mass is 9.99. The number of aryl methyl sites for hydroxylation is 2. The van der Waals surface area contributed by atoms with Gasteiger partial charge in [0, 0.05) is 25.5 Å². The number of carbonyl (C=O) groups is 1. The largest absolute Gasteiger partial charge is 0.573 e. The predicted molar refractivity (Wildman–Crippen MR) is 103 cm³/mol. The second kappa shape index (κ2) is 8.40. The fourth-order valence-corrected chi connectivity index (χ4v) is 2.91. The molecule has 1 aromatic carbocycles. The summed E-state index contributed by atoms with van der Waals surface area (Å²) >= 11 is 0. The highest BCUT2D eigenvalue weighted by Crippen LogP contribution is 2.28.